The van der Waals surface area contributed by atoms with Crippen molar-refractivity contribution in [3.05, 3.63) is 11.8 Å². The SMILES string of the molecule is CC(=O)c1cc(S(=O)(=O)N2CCN(C3CCOCC3)CC2)n(C)n1. The van der Waals surface area contributed by atoms with E-state index in [9.17, 15) is 13.2 Å². The topological polar surface area (TPSA) is 84.7 Å². The van der Waals surface area contributed by atoms with Crippen LogP contribution in [0.1, 0.15) is 30.3 Å². The number of aryl methyl sites for hydroxylation is 1. The molecule has 0 aromatic carbocycles. The standard InChI is InChI=1S/C15H24N4O4S/c1-12(20)14-11-15(17(2)16-14)24(21,22)19-7-5-18(6-8-19)13-3-9-23-10-4-13/h11,13H,3-10H2,1-2H3. The number of ketones is 1. The highest BCUT2D eigenvalue weighted by Crippen LogP contribution is 2.21. The van der Waals surface area contributed by atoms with Gasteiger partial charge in [0.15, 0.2) is 10.8 Å². The zero-order chi connectivity index (χ0) is 17.3. The summed E-state index contributed by atoms with van der Waals surface area (Å²) < 4.78 is 33.8. The molecule has 2 fully saturated rings. The first-order valence-electron chi connectivity index (χ1n) is 8.26. The van der Waals surface area contributed by atoms with Gasteiger partial charge < -0.3 is 4.74 Å². The van der Waals surface area contributed by atoms with Gasteiger partial charge in [0, 0.05) is 65.5 Å². The molecule has 0 radical (unpaired) electrons. The first-order chi connectivity index (χ1) is 11.4. The molecule has 8 nitrogen and oxygen atoms in total. The number of nitrogens with zero attached hydrogens (tertiary/aromatic N) is 4. The van der Waals surface area contributed by atoms with E-state index in [2.05, 4.69) is 10.00 Å². The van der Waals surface area contributed by atoms with Gasteiger partial charge in [0.2, 0.25) is 0 Å². The Morgan fingerprint density at radius 2 is 1.83 bits per heavy atom. The average Bonchev–Trinajstić information content (AvgIpc) is 2.99. The van der Waals surface area contributed by atoms with Gasteiger partial charge in [0.25, 0.3) is 10.0 Å². The van der Waals surface area contributed by atoms with Gasteiger partial charge in [-0.05, 0) is 12.8 Å². The molecule has 24 heavy (non-hydrogen) atoms. The Morgan fingerprint density at radius 3 is 2.38 bits per heavy atom. The molecule has 2 aliphatic heterocycles. The van der Waals surface area contributed by atoms with Crippen LogP contribution < -0.4 is 0 Å². The van der Waals surface area contributed by atoms with Gasteiger partial charge in [-0.25, -0.2) is 8.42 Å². The number of carbonyl (C=O) groups is 1. The summed E-state index contributed by atoms with van der Waals surface area (Å²) >= 11 is 0. The number of piperazine rings is 1. The number of aromatic nitrogens is 2. The van der Waals surface area contributed by atoms with Crippen molar-refractivity contribution in [1.82, 2.24) is 19.0 Å². The highest BCUT2D eigenvalue weighted by molar-refractivity contribution is 7.89. The fourth-order valence-corrected chi connectivity index (χ4v) is 4.90. The molecule has 1 aromatic heterocycles. The van der Waals surface area contributed by atoms with E-state index in [0.717, 1.165) is 39.1 Å². The lowest BCUT2D eigenvalue weighted by Crippen LogP contribution is -2.53. The summed E-state index contributed by atoms with van der Waals surface area (Å²) in [7, 11) is -2.08. The van der Waals surface area contributed by atoms with Crippen LogP contribution in [0.4, 0.5) is 0 Å². The zero-order valence-corrected chi connectivity index (χ0v) is 15.0. The fourth-order valence-electron chi connectivity index (χ4n) is 3.36. The lowest BCUT2D eigenvalue weighted by molar-refractivity contribution is 0.0229. The van der Waals surface area contributed by atoms with Gasteiger partial charge in [0.1, 0.15) is 5.69 Å². The van der Waals surface area contributed by atoms with Crippen LogP contribution in [0.15, 0.2) is 11.1 Å². The number of carbonyl (C=O) groups excluding carboxylic acids is 1. The molecule has 0 atom stereocenters. The summed E-state index contributed by atoms with van der Waals surface area (Å²) in [5.41, 5.74) is 0.178. The fraction of sp³-hybridized carbons (Fsp3) is 0.733. The first kappa shape index (κ1) is 17.5. The lowest BCUT2D eigenvalue weighted by atomic mass is 10.1. The molecule has 0 bridgehead atoms. The zero-order valence-electron chi connectivity index (χ0n) is 14.1. The van der Waals surface area contributed by atoms with Gasteiger partial charge in [0.05, 0.1) is 0 Å². The van der Waals surface area contributed by atoms with Crippen molar-refractivity contribution < 1.29 is 17.9 Å². The van der Waals surface area contributed by atoms with Gasteiger partial charge >= 0.3 is 0 Å². The van der Waals surface area contributed by atoms with Crippen LogP contribution in [0.25, 0.3) is 0 Å². The monoisotopic (exact) mass is 356 g/mol. The van der Waals surface area contributed by atoms with E-state index < -0.39 is 10.0 Å². The summed E-state index contributed by atoms with van der Waals surface area (Å²) in [4.78, 5) is 13.8. The molecule has 1 aromatic rings. The molecule has 0 N–H and O–H groups in total. The highest BCUT2D eigenvalue weighted by atomic mass is 32.2. The predicted molar refractivity (Wildman–Crippen MR) is 87.4 cm³/mol. The van der Waals surface area contributed by atoms with Crippen LogP contribution in [0.3, 0.4) is 0 Å². The third kappa shape index (κ3) is 3.39. The quantitative estimate of drug-likeness (QED) is 0.712. The van der Waals surface area contributed by atoms with Gasteiger partial charge in [-0.2, -0.15) is 9.40 Å². The van der Waals surface area contributed by atoms with Crippen molar-refractivity contribution in [1.29, 1.82) is 0 Å². The third-order valence-corrected chi connectivity index (χ3v) is 6.74. The van der Waals surface area contributed by atoms with E-state index in [0.29, 0.717) is 19.1 Å². The molecular weight excluding hydrogens is 332 g/mol. The van der Waals surface area contributed by atoms with Gasteiger partial charge in [-0.1, -0.05) is 0 Å². The molecule has 134 valence electrons. The second kappa shape index (κ2) is 6.91. The third-order valence-electron chi connectivity index (χ3n) is 4.78. The second-order valence-electron chi connectivity index (χ2n) is 6.33. The summed E-state index contributed by atoms with van der Waals surface area (Å²) in [5, 5.41) is 4.07. The smallest absolute Gasteiger partial charge is 0.260 e. The average molecular weight is 356 g/mol. The molecule has 9 heteroatoms. The van der Waals surface area contributed by atoms with E-state index in [1.807, 2.05) is 0 Å². The van der Waals surface area contributed by atoms with E-state index in [4.69, 9.17) is 4.74 Å². The number of hydrogen-bond acceptors (Lipinski definition) is 6. The summed E-state index contributed by atoms with van der Waals surface area (Å²) in [6, 6.07) is 1.85. The second-order valence-corrected chi connectivity index (χ2v) is 8.22. The Kier molecular flexibility index (Phi) is 5.05. The molecule has 2 aliphatic rings. The van der Waals surface area contributed by atoms with Gasteiger partial charge in [-0.3, -0.25) is 14.4 Å². The summed E-state index contributed by atoms with van der Waals surface area (Å²) in [6.45, 7) is 5.31. The maximum Gasteiger partial charge on any atom is 0.260 e. The maximum absolute atomic E-state index is 12.8. The molecule has 0 aliphatic carbocycles. The van der Waals surface area contributed by atoms with Crippen molar-refractivity contribution in [2.45, 2.75) is 30.8 Å². The maximum atomic E-state index is 12.8. The van der Waals surface area contributed by atoms with Crippen molar-refractivity contribution in [3.63, 3.8) is 0 Å². The number of rotatable bonds is 4. The summed E-state index contributed by atoms with van der Waals surface area (Å²) in [6.07, 6.45) is 2.02. The number of sulfonamides is 1. The Hall–Kier alpha value is -1.29. The van der Waals surface area contributed by atoms with E-state index in [1.54, 1.807) is 7.05 Å². The predicted octanol–water partition coefficient (Wildman–Crippen LogP) is 0.108. The van der Waals surface area contributed by atoms with E-state index >= 15 is 0 Å². The number of Topliss-reactive ketones (excluding diaryl/α,β-unsaturated/α-hetero) is 1. The molecule has 0 unspecified atom stereocenters. The normalized spacial score (nSPS) is 21.9. The van der Waals surface area contributed by atoms with Crippen molar-refractivity contribution in [3.8, 4) is 0 Å². The minimum absolute atomic E-state index is 0.0761. The van der Waals surface area contributed by atoms with Crippen LogP contribution in [0.2, 0.25) is 0 Å². The van der Waals surface area contributed by atoms with E-state index in [-0.39, 0.29) is 16.5 Å². The van der Waals surface area contributed by atoms with Crippen LogP contribution in [-0.4, -0.2) is 78.6 Å². The highest BCUT2D eigenvalue weighted by Gasteiger charge is 2.33. The molecule has 0 spiro atoms. The number of ether oxygens (including phenoxy) is 1. The molecule has 0 saturated carbocycles. The minimum atomic E-state index is -3.63. The van der Waals surface area contributed by atoms with Crippen LogP contribution in [0.5, 0.6) is 0 Å². The first-order valence-corrected chi connectivity index (χ1v) is 9.70. The Labute approximate surface area is 142 Å². The van der Waals surface area contributed by atoms with Crippen LogP contribution >= 0.6 is 0 Å². The van der Waals surface area contributed by atoms with Crippen LogP contribution in [-0.2, 0) is 21.8 Å². The van der Waals surface area contributed by atoms with Crippen molar-refractivity contribution in [2.24, 2.45) is 7.05 Å². The number of hydrogen-bond donors (Lipinski definition) is 0. The Balaban J connectivity index is 1.69. The minimum Gasteiger partial charge on any atom is -0.381 e. The molecular formula is C15H24N4O4S. The van der Waals surface area contributed by atoms with E-state index in [1.165, 1.54) is 22.0 Å². The molecule has 0 amide bonds. The Bertz CT molecular complexity index is 701. The lowest BCUT2D eigenvalue weighted by Gasteiger charge is -2.40. The largest absolute Gasteiger partial charge is 0.381 e. The Morgan fingerprint density at radius 1 is 1.21 bits per heavy atom. The van der Waals surface area contributed by atoms with Crippen LogP contribution in [0, 0.1) is 0 Å². The van der Waals surface area contributed by atoms with Gasteiger partial charge in [-0.15, -0.1) is 0 Å². The summed E-state index contributed by atoms with van der Waals surface area (Å²) in [5.74, 6) is -0.239. The molecule has 3 heterocycles. The van der Waals surface area contributed by atoms with Crippen molar-refractivity contribution >= 4 is 15.8 Å². The molecule has 3 rings (SSSR count). The van der Waals surface area contributed by atoms with Crippen molar-refractivity contribution in [2.75, 3.05) is 39.4 Å². The molecule has 2 saturated heterocycles.